The van der Waals surface area contributed by atoms with Crippen LogP contribution in [0.3, 0.4) is 0 Å². The zero-order valence-electron chi connectivity index (χ0n) is 15.7. The van der Waals surface area contributed by atoms with Crippen molar-refractivity contribution >= 4 is 16.0 Å². The average Bonchev–Trinajstić information content (AvgIpc) is 2.90. The van der Waals surface area contributed by atoms with E-state index in [4.69, 9.17) is 0 Å². The number of rotatable bonds is 15. The molecule has 0 fully saturated rings. The fourth-order valence-electron chi connectivity index (χ4n) is 2.88. The van der Waals surface area contributed by atoms with Crippen LogP contribution in [0.1, 0.15) is 71.1 Å². The van der Waals surface area contributed by atoms with Gasteiger partial charge >= 0.3 is 5.97 Å². The lowest BCUT2D eigenvalue weighted by atomic mass is 10.1. The highest BCUT2D eigenvalue weighted by molar-refractivity contribution is 7.89. The number of carbonyl (C=O) groups excluding carboxylic acids is 1. The van der Waals surface area contributed by atoms with Crippen molar-refractivity contribution in [1.29, 1.82) is 0 Å². The Bertz CT molecular complexity index is 546. The standard InChI is InChI=1S/C18H33NO6S/c1-2-3-4-5-6-7-8-9-10-11-12-19-26(23,24)14-16(20)15-13-17(21)25-18(15)22/h13,16,18-20,22H,2-12,14H2,1H3. The molecule has 0 aromatic heterocycles. The minimum absolute atomic E-state index is 0.126. The molecule has 1 aliphatic rings. The van der Waals surface area contributed by atoms with E-state index in [1.807, 2.05) is 0 Å². The van der Waals surface area contributed by atoms with Crippen molar-refractivity contribution in [2.24, 2.45) is 0 Å². The summed E-state index contributed by atoms with van der Waals surface area (Å²) < 4.78 is 30.8. The maximum atomic E-state index is 11.9. The van der Waals surface area contributed by atoms with Crippen LogP contribution in [0.5, 0.6) is 0 Å². The van der Waals surface area contributed by atoms with Gasteiger partial charge in [-0.25, -0.2) is 17.9 Å². The number of hydrogen-bond donors (Lipinski definition) is 3. The van der Waals surface area contributed by atoms with Crippen molar-refractivity contribution in [3.63, 3.8) is 0 Å². The Morgan fingerprint density at radius 2 is 1.62 bits per heavy atom. The third kappa shape index (κ3) is 9.66. The highest BCUT2D eigenvalue weighted by Crippen LogP contribution is 2.18. The van der Waals surface area contributed by atoms with Gasteiger partial charge in [0.25, 0.3) is 0 Å². The molecule has 0 aliphatic carbocycles. The first-order valence-corrected chi connectivity index (χ1v) is 11.3. The van der Waals surface area contributed by atoms with E-state index in [1.165, 1.54) is 44.9 Å². The predicted octanol–water partition coefficient (Wildman–Crippen LogP) is 1.99. The van der Waals surface area contributed by atoms with Crippen molar-refractivity contribution in [3.8, 4) is 0 Å². The normalized spacial score (nSPS) is 18.7. The number of nitrogens with one attached hydrogen (secondary N) is 1. The third-order valence-electron chi connectivity index (χ3n) is 4.41. The molecule has 8 heteroatoms. The van der Waals surface area contributed by atoms with Crippen LogP contribution in [-0.2, 0) is 19.6 Å². The quantitative estimate of drug-likeness (QED) is 0.291. The molecule has 26 heavy (non-hydrogen) atoms. The van der Waals surface area contributed by atoms with Crippen LogP contribution >= 0.6 is 0 Å². The molecule has 3 N–H and O–H groups in total. The van der Waals surface area contributed by atoms with E-state index in [0.717, 1.165) is 25.3 Å². The van der Waals surface area contributed by atoms with E-state index in [2.05, 4.69) is 16.4 Å². The monoisotopic (exact) mass is 391 g/mol. The first-order valence-electron chi connectivity index (χ1n) is 9.61. The molecule has 2 unspecified atom stereocenters. The van der Waals surface area contributed by atoms with Gasteiger partial charge in [0.1, 0.15) is 0 Å². The van der Waals surface area contributed by atoms with E-state index >= 15 is 0 Å². The Morgan fingerprint density at radius 1 is 1.08 bits per heavy atom. The molecule has 0 amide bonds. The van der Waals surface area contributed by atoms with Crippen LogP contribution in [-0.4, -0.2) is 49.3 Å². The molecule has 0 saturated carbocycles. The highest BCUT2D eigenvalue weighted by Gasteiger charge is 2.31. The summed E-state index contributed by atoms with van der Waals surface area (Å²) in [5.74, 6) is -1.40. The minimum Gasteiger partial charge on any atom is -0.429 e. The SMILES string of the molecule is CCCCCCCCCCCCNS(=O)(=O)CC(O)C1=CC(=O)OC1O. The fourth-order valence-corrected chi connectivity index (χ4v) is 4.06. The lowest BCUT2D eigenvalue weighted by Gasteiger charge is -2.15. The second kappa shape index (κ2) is 12.4. The summed E-state index contributed by atoms with van der Waals surface area (Å²) in [5, 5.41) is 19.3. The number of ether oxygens (including phenoxy) is 1. The van der Waals surface area contributed by atoms with E-state index in [9.17, 15) is 23.4 Å². The summed E-state index contributed by atoms with van der Waals surface area (Å²) in [5.41, 5.74) is -0.126. The van der Waals surface area contributed by atoms with Crippen molar-refractivity contribution in [2.75, 3.05) is 12.3 Å². The molecule has 0 aromatic carbocycles. The van der Waals surface area contributed by atoms with Gasteiger partial charge in [0.05, 0.1) is 11.9 Å². The predicted molar refractivity (Wildman–Crippen MR) is 99.8 cm³/mol. The largest absolute Gasteiger partial charge is 0.429 e. The van der Waals surface area contributed by atoms with Gasteiger partial charge in [0.2, 0.25) is 16.3 Å². The first kappa shape index (κ1) is 23.1. The second-order valence-electron chi connectivity index (χ2n) is 6.81. The first-order chi connectivity index (χ1) is 12.4. The number of aliphatic hydroxyl groups excluding tert-OH is 2. The van der Waals surface area contributed by atoms with Crippen molar-refractivity contribution in [2.45, 2.75) is 83.5 Å². The van der Waals surface area contributed by atoms with Crippen LogP contribution in [0.25, 0.3) is 0 Å². The summed E-state index contributed by atoms with van der Waals surface area (Å²) in [6, 6.07) is 0. The molecule has 1 heterocycles. The van der Waals surface area contributed by atoms with Gasteiger partial charge in [-0.2, -0.15) is 0 Å². The summed E-state index contributed by atoms with van der Waals surface area (Å²) in [4.78, 5) is 11.0. The molecule has 7 nitrogen and oxygen atoms in total. The molecule has 2 atom stereocenters. The molecular formula is C18H33NO6S. The topological polar surface area (TPSA) is 113 Å². The Balaban J connectivity index is 2.09. The molecular weight excluding hydrogens is 358 g/mol. The molecule has 152 valence electrons. The summed E-state index contributed by atoms with van der Waals surface area (Å²) in [7, 11) is -3.69. The van der Waals surface area contributed by atoms with Gasteiger partial charge in [-0.1, -0.05) is 64.7 Å². The maximum absolute atomic E-state index is 11.9. The zero-order chi connectivity index (χ0) is 19.4. The van der Waals surface area contributed by atoms with Gasteiger partial charge in [-0.05, 0) is 6.42 Å². The summed E-state index contributed by atoms with van der Waals surface area (Å²) in [6.45, 7) is 2.53. The van der Waals surface area contributed by atoms with Crippen molar-refractivity contribution in [1.82, 2.24) is 4.72 Å². The zero-order valence-corrected chi connectivity index (χ0v) is 16.5. The molecule has 1 aliphatic heterocycles. The number of hydrogen-bond acceptors (Lipinski definition) is 6. The smallest absolute Gasteiger partial charge is 0.333 e. The third-order valence-corrected chi connectivity index (χ3v) is 5.81. The number of carbonyl (C=O) groups is 1. The fraction of sp³-hybridized carbons (Fsp3) is 0.833. The van der Waals surface area contributed by atoms with Gasteiger partial charge in [0.15, 0.2) is 0 Å². The van der Waals surface area contributed by atoms with Gasteiger partial charge in [-0.3, -0.25) is 0 Å². The number of aliphatic hydroxyl groups is 2. The Hall–Kier alpha value is -0.960. The average molecular weight is 392 g/mol. The Morgan fingerprint density at radius 3 is 2.12 bits per heavy atom. The number of sulfonamides is 1. The molecule has 0 spiro atoms. The summed E-state index contributed by atoms with van der Waals surface area (Å²) in [6.07, 6.45) is 9.57. The second-order valence-corrected chi connectivity index (χ2v) is 8.66. The minimum atomic E-state index is -3.69. The lowest BCUT2D eigenvalue weighted by Crippen LogP contribution is -2.35. The van der Waals surface area contributed by atoms with Crippen LogP contribution in [0.4, 0.5) is 0 Å². The Labute approximate surface area is 156 Å². The summed E-state index contributed by atoms with van der Waals surface area (Å²) >= 11 is 0. The molecule has 1 rings (SSSR count). The number of cyclic esters (lactones) is 1. The van der Waals surface area contributed by atoms with Crippen LogP contribution in [0.15, 0.2) is 11.6 Å². The Kier molecular flexibility index (Phi) is 11.0. The van der Waals surface area contributed by atoms with E-state index in [1.54, 1.807) is 0 Å². The van der Waals surface area contributed by atoms with Gasteiger partial charge in [-0.15, -0.1) is 0 Å². The molecule has 0 radical (unpaired) electrons. The maximum Gasteiger partial charge on any atom is 0.333 e. The van der Waals surface area contributed by atoms with Gasteiger partial charge < -0.3 is 14.9 Å². The molecule has 0 bridgehead atoms. The van der Waals surface area contributed by atoms with E-state index < -0.39 is 34.1 Å². The highest BCUT2D eigenvalue weighted by atomic mass is 32.2. The van der Waals surface area contributed by atoms with E-state index in [0.29, 0.717) is 6.54 Å². The lowest BCUT2D eigenvalue weighted by molar-refractivity contribution is -0.151. The van der Waals surface area contributed by atoms with Crippen LogP contribution < -0.4 is 4.72 Å². The van der Waals surface area contributed by atoms with Crippen LogP contribution in [0.2, 0.25) is 0 Å². The molecule has 0 saturated heterocycles. The van der Waals surface area contributed by atoms with Crippen molar-refractivity contribution in [3.05, 3.63) is 11.6 Å². The molecule has 0 aromatic rings. The van der Waals surface area contributed by atoms with E-state index in [-0.39, 0.29) is 5.57 Å². The van der Waals surface area contributed by atoms with Crippen LogP contribution in [0, 0.1) is 0 Å². The van der Waals surface area contributed by atoms with Gasteiger partial charge in [0, 0.05) is 18.2 Å². The van der Waals surface area contributed by atoms with Crippen molar-refractivity contribution < 1.29 is 28.2 Å². The number of unbranched alkanes of at least 4 members (excludes halogenated alkanes) is 9. The number of esters is 1.